The Bertz CT molecular complexity index is 931. The van der Waals surface area contributed by atoms with Crippen LogP contribution in [0.2, 0.25) is 0 Å². The van der Waals surface area contributed by atoms with Gasteiger partial charge in [-0.1, -0.05) is 22.0 Å². The Hall–Kier alpha value is -2.23. The smallest absolute Gasteiger partial charge is 0.224 e. The predicted octanol–water partition coefficient (Wildman–Crippen LogP) is 2.60. The van der Waals surface area contributed by atoms with Crippen LogP contribution in [0.3, 0.4) is 0 Å². The van der Waals surface area contributed by atoms with Crippen molar-refractivity contribution in [2.75, 3.05) is 44.1 Å². The monoisotopic (exact) mass is 418 g/mol. The third kappa shape index (κ3) is 3.13. The normalized spacial score (nSPS) is 16.4. The van der Waals surface area contributed by atoms with Gasteiger partial charge in [0.2, 0.25) is 5.95 Å². The van der Waals surface area contributed by atoms with Crippen molar-refractivity contribution in [1.29, 1.82) is 0 Å². The van der Waals surface area contributed by atoms with Gasteiger partial charge in [-0.25, -0.2) is 4.98 Å². The van der Waals surface area contributed by atoms with E-state index in [0.717, 1.165) is 28.0 Å². The first-order chi connectivity index (χ1) is 12.7. The quantitative estimate of drug-likeness (QED) is 0.592. The third-order valence-electron chi connectivity index (χ3n) is 4.42. The van der Waals surface area contributed by atoms with E-state index in [4.69, 9.17) is 15.2 Å². The Morgan fingerprint density at radius 3 is 3.08 bits per heavy atom. The second-order valence-corrected chi connectivity index (χ2v) is 7.00. The van der Waals surface area contributed by atoms with Gasteiger partial charge in [0.1, 0.15) is 5.52 Å². The van der Waals surface area contributed by atoms with Crippen LogP contribution in [0.4, 0.5) is 17.5 Å². The summed E-state index contributed by atoms with van der Waals surface area (Å²) in [4.78, 5) is 18.1. The summed E-state index contributed by atoms with van der Waals surface area (Å²) in [5.41, 5.74) is 9.52. The molecule has 8 nitrogen and oxygen atoms in total. The summed E-state index contributed by atoms with van der Waals surface area (Å²) in [5.74, 6) is 1.16. The van der Waals surface area contributed by atoms with Crippen LogP contribution < -0.4 is 10.6 Å². The van der Waals surface area contributed by atoms with Gasteiger partial charge in [0.15, 0.2) is 11.5 Å². The number of ether oxygens (including phenoxy) is 2. The molecule has 26 heavy (non-hydrogen) atoms. The number of hydrogen-bond donors (Lipinski definition) is 2. The lowest BCUT2D eigenvalue weighted by Gasteiger charge is -2.19. The van der Waals surface area contributed by atoms with Crippen molar-refractivity contribution in [2.45, 2.75) is 5.92 Å². The number of hydrogen-bond acceptors (Lipinski definition) is 7. The minimum atomic E-state index is 0.205. The number of aromatic amines is 1. The second-order valence-electron chi connectivity index (χ2n) is 6.08. The highest BCUT2D eigenvalue weighted by Gasteiger charge is 2.32. The van der Waals surface area contributed by atoms with Gasteiger partial charge in [-0.15, -0.1) is 0 Å². The van der Waals surface area contributed by atoms with E-state index >= 15 is 0 Å². The number of methoxy groups -OCH3 is 1. The summed E-state index contributed by atoms with van der Waals surface area (Å²) in [7, 11) is 1.67. The minimum absolute atomic E-state index is 0.205. The van der Waals surface area contributed by atoms with Gasteiger partial charge in [-0.05, 0) is 17.7 Å². The molecule has 0 saturated carbocycles. The van der Waals surface area contributed by atoms with Crippen LogP contribution in [0.15, 0.2) is 29.0 Å². The molecule has 2 aromatic heterocycles. The van der Waals surface area contributed by atoms with Gasteiger partial charge >= 0.3 is 0 Å². The zero-order valence-electron chi connectivity index (χ0n) is 14.3. The Morgan fingerprint density at radius 1 is 1.35 bits per heavy atom. The fourth-order valence-corrected chi connectivity index (χ4v) is 3.60. The van der Waals surface area contributed by atoms with Crippen LogP contribution in [-0.2, 0) is 9.47 Å². The number of fused-ring (bicyclic) bond motifs is 2. The van der Waals surface area contributed by atoms with Crippen molar-refractivity contribution in [2.24, 2.45) is 0 Å². The van der Waals surface area contributed by atoms with Gasteiger partial charge in [0.05, 0.1) is 26.1 Å². The summed E-state index contributed by atoms with van der Waals surface area (Å²) in [5, 5.41) is 0. The minimum Gasteiger partial charge on any atom is -0.382 e. The topological polar surface area (TPSA) is 102 Å². The number of benzene rings is 1. The number of imidazole rings is 1. The number of anilines is 3. The Kier molecular flexibility index (Phi) is 4.75. The summed E-state index contributed by atoms with van der Waals surface area (Å²) in [6.07, 6.45) is 1.60. The number of H-pyrrole nitrogens is 1. The summed E-state index contributed by atoms with van der Waals surface area (Å²) in [6.45, 7) is 2.51. The second kappa shape index (κ2) is 7.18. The lowest BCUT2D eigenvalue weighted by Crippen LogP contribution is -2.20. The van der Waals surface area contributed by atoms with Crippen LogP contribution in [0.5, 0.6) is 0 Å². The Labute approximate surface area is 158 Å². The first-order valence-corrected chi connectivity index (χ1v) is 9.07. The summed E-state index contributed by atoms with van der Waals surface area (Å²) in [6, 6.07) is 6.26. The van der Waals surface area contributed by atoms with E-state index in [2.05, 4.69) is 52.9 Å². The van der Waals surface area contributed by atoms with Gasteiger partial charge in [-0.2, -0.15) is 9.97 Å². The number of nitrogens with one attached hydrogen (secondary N) is 1. The number of nitrogens with two attached hydrogens (primary N) is 1. The first-order valence-electron chi connectivity index (χ1n) is 8.27. The molecule has 1 aliphatic rings. The van der Waals surface area contributed by atoms with E-state index in [1.54, 1.807) is 13.4 Å². The van der Waals surface area contributed by atoms with Crippen molar-refractivity contribution in [1.82, 2.24) is 19.9 Å². The van der Waals surface area contributed by atoms with Crippen LogP contribution in [0.1, 0.15) is 11.5 Å². The van der Waals surface area contributed by atoms with E-state index in [-0.39, 0.29) is 11.9 Å². The molecule has 4 rings (SSSR count). The zero-order chi connectivity index (χ0) is 18.1. The molecule has 0 aliphatic carbocycles. The molecule has 3 N–H and O–H groups in total. The van der Waals surface area contributed by atoms with E-state index < -0.39 is 0 Å². The lowest BCUT2D eigenvalue weighted by molar-refractivity contribution is 0.0647. The van der Waals surface area contributed by atoms with Crippen molar-refractivity contribution in [3.63, 3.8) is 0 Å². The number of rotatable bonds is 6. The standard InChI is InChI=1S/C17H19BrN6O2/c1-25-4-5-26-8-10-7-24(13-6-11(18)2-3-12(10)13)16-14-15(21-9-20-14)22-17(19)23-16/h2-3,6,9-10H,4-5,7-8H2,1H3,(H3,19,20,21,22,23). The molecule has 1 aliphatic heterocycles. The highest BCUT2D eigenvalue weighted by atomic mass is 79.9. The Morgan fingerprint density at radius 2 is 2.23 bits per heavy atom. The predicted molar refractivity (Wildman–Crippen MR) is 103 cm³/mol. The maximum absolute atomic E-state index is 5.90. The number of aromatic nitrogens is 4. The molecule has 1 unspecified atom stereocenters. The molecule has 1 atom stereocenters. The molecule has 1 aromatic carbocycles. The fraction of sp³-hybridized carbons (Fsp3) is 0.353. The largest absolute Gasteiger partial charge is 0.382 e. The highest BCUT2D eigenvalue weighted by Crippen LogP contribution is 2.43. The number of halogens is 1. The third-order valence-corrected chi connectivity index (χ3v) is 4.91. The zero-order valence-corrected chi connectivity index (χ0v) is 15.9. The fourth-order valence-electron chi connectivity index (χ4n) is 3.25. The molecule has 0 spiro atoms. The molecule has 0 bridgehead atoms. The van der Waals surface area contributed by atoms with Gasteiger partial charge in [-0.3, -0.25) is 0 Å². The van der Waals surface area contributed by atoms with E-state index in [1.807, 2.05) is 6.07 Å². The summed E-state index contributed by atoms with van der Waals surface area (Å²) >= 11 is 3.56. The maximum atomic E-state index is 5.90. The van der Waals surface area contributed by atoms with Crippen LogP contribution in [-0.4, -0.2) is 53.4 Å². The molecule has 0 saturated heterocycles. The molecule has 0 radical (unpaired) electrons. The number of nitrogens with zero attached hydrogens (tertiary/aromatic N) is 4. The molecular weight excluding hydrogens is 400 g/mol. The molecule has 0 fully saturated rings. The van der Waals surface area contributed by atoms with Gasteiger partial charge in [0.25, 0.3) is 0 Å². The van der Waals surface area contributed by atoms with E-state index in [1.165, 1.54) is 5.56 Å². The number of nitrogen functional groups attached to an aromatic ring is 1. The van der Waals surface area contributed by atoms with Crippen LogP contribution >= 0.6 is 15.9 Å². The van der Waals surface area contributed by atoms with Crippen LogP contribution in [0, 0.1) is 0 Å². The van der Waals surface area contributed by atoms with Gasteiger partial charge < -0.3 is 25.1 Å². The SMILES string of the molecule is COCCOCC1CN(c2nc(N)nc3nc[nH]c23)c2cc(Br)ccc21. The van der Waals surface area contributed by atoms with Crippen molar-refractivity contribution in [3.8, 4) is 0 Å². The van der Waals surface area contributed by atoms with Crippen molar-refractivity contribution in [3.05, 3.63) is 34.6 Å². The van der Waals surface area contributed by atoms with Crippen molar-refractivity contribution < 1.29 is 9.47 Å². The van der Waals surface area contributed by atoms with Gasteiger partial charge in [0, 0.05) is 29.7 Å². The summed E-state index contributed by atoms with van der Waals surface area (Å²) < 4.78 is 11.8. The molecule has 9 heteroatoms. The van der Waals surface area contributed by atoms with Crippen molar-refractivity contribution >= 4 is 44.5 Å². The average molecular weight is 419 g/mol. The van der Waals surface area contributed by atoms with Crippen LogP contribution in [0.25, 0.3) is 11.2 Å². The van der Waals surface area contributed by atoms with E-state index in [0.29, 0.717) is 25.5 Å². The Balaban J connectivity index is 1.71. The molecule has 3 heterocycles. The molecule has 0 amide bonds. The molecular formula is C17H19BrN6O2. The highest BCUT2D eigenvalue weighted by molar-refractivity contribution is 9.10. The van der Waals surface area contributed by atoms with E-state index in [9.17, 15) is 0 Å². The lowest BCUT2D eigenvalue weighted by atomic mass is 10.0. The maximum Gasteiger partial charge on any atom is 0.224 e. The average Bonchev–Trinajstić information content (AvgIpc) is 3.22. The first kappa shape index (κ1) is 17.2. The molecule has 3 aromatic rings. The molecule has 136 valence electrons.